The highest BCUT2D eigenvalue weighted by Crippen LogP contribution is 2.35. The molecule has 3 rings (SSSR count). The van der Waals surface area contributed by atoms with Crippen LogP contribution < -0.4 is 4.90 Å². The Hall–Kier alpha value is -2.41. The maximum Gasteiger partial charge on any atom is 0.300 e. The zero-order valence-corrected chi connectivity index (χ0v) is 14.6. The average molecular weight is 344 g/mol. The molecule has 2 fully saturated rings. The Labute approximate surface area is 147 Å². The number of likely N-dealkylation sites (tertiary alicyclic amines) is 1. The van der Waals surface area contributed by atoms with Gasteiger partial charge in [0.2, 0.25) is 0 Å². The van der Waals surface area contributed by atoms with Crippen molar-refractivity contribution in [1.29, 1.82) is 0 Å². The van der Waals surface area contributed by atoms with Gasteiger partial charge in [0.25, 0.3) is 5.69 Å². The first-order valence-electron chi connectivity index (χ1n) is 8.72. The maximum absolute atomic E-state index is 11.8. The molecule has 2 heterocycles. The lowest BCUT2D eigenvalue weighted by Crippen LogP contribution is -2.44. The van der Waals surface area contributed by atoms with Crippen LogP contribution >= 0.6 is 0 Å². The first kappa shape index (κ1) is 17.4. The second kappa shape index (κ2) is 7.65. The van der Waals surface area contributed by atoms with Gasteiger partial charge in [-0.2, -0.15) is 0 Å². The van der Waals surface area contributed by atoms with Crippen LogP contribution in [0.2, 0.25) is 0 Å². The molecule has 0 bridgehead atoms. The van der Waals surface area contributed by atoms with Gasteiger partial charge in [-0.05, 0) is 44.3 Å². The number of piperazine rings is 1. The van der Waals surface area contributed by atoms with Crippen LogP contribution in [0.1, 0.15) is 28.8 Å². The second-order valence-electron chi connectivity index (χ2n) is 6.66. The summed E-state index contributed by atoms with van der Waals surface area (Å²) in [6, 6.07) is 3.40. The summed E-state index contributed by atoms with van der Waals surface area (Å²) in [5, 5.41) is 11.8. The van der Waals surface area contributed by atoms with Crippen LogP contribution in [0, 0.1) is 10.1 Å². The lowest BCUT2D eigenvalue weighted by atomic mass is 10.0. The fraction of sp³-hybridized carbons (Fsp3) is 0.500. The lowest BCUT2D eigenvalue weighted by Gasteiger charge is -2.34. The number of hydrogen-bond donors (Lipinski definition) is 0. The highest BCUT2D eigenvalue weighted by atomic mass is 16.6. The van der Waals surface area contributed by atoms with Gasteiger partial charge >= 0.3 is 0 Å². The third kappa shape index (κ3) is 3.82. The number of nitrogens with zero attached hydrogens (tertiary/aromatic N) is 4. The molecule has 0 aliphatic carbocycles. The molecule has 0 unspecified atom stereocenters. The molecule has 0 saturated carbocycles. The van der Waals surface area contributed by atoms with Crippen molar-refractivity contribution in [2.45, 2.75) is 12.8 Å². The number of hydrogen-bond acceptors (Lipinski definition) is 6. The van der Waals surface area contributed by atoms with E-state index < -0.39 is 0 Å². The van der Waals surface area contributed by atoms with E-state index in [1.54, 1.807) is 18.2 Å². The molecule has 7 nitrogen and oxygen atoms in total. The third-order valence-corrected chi connectivity index (χ3v) is 4.98. The predicted octanol–water partition coefficient (Wildman–Crippen LogP) is 2.23. The lowest BCUT2D eigenvalue weighted by molar-refractivity contribution is -0.384. The number of carbonyl (C=O) groups excluding carboxylic acids is 1. The summed E-state index contributed by atoms with van der Waals surface area (Å²) in [5.41, 5.74) is 1.40. The smallest absolute Gasteiger partial charge is 0.300 e. The number of anilines is 1. The molecular formula is C18H24N4O3. The second-order valence-corrected chi connectivity index (χ2v) is 6.66. The Balaban J connectivity index is 1.99. The Kier molecular flexibility index (Phi) is 5.33. The monoisotopic (exact) mass is 344 g/mol. The van der Waals surface area contributed by atoms with Crippen LogP contribution in [0.4, 0.5) is 11.4 Å². The van der Waals surface area contributed by atoms with Gasteiger partial charge in [-0.25, -0.2) is 0 Å². The van der Waals surface area contributed by atoms with Gasteiger partial charge in [-0.15, -0.1) is 0 Å². The molecule has 0 spiro atoms. The minimum Gasteiger partial charge on any atom is -0.377 e. The van der Waals surface area contributed by atoms with Gasteiger partial charge in [0.05, 0.1) is 10.5 Å². The molecule has 1 aromatic carbocycles. The molecule has 0 aromatic heterocycles. The number of nitro benzene ring substituents is 1. The van der Waals surface area contributed by atoms with E-state index in [0.717, 1.165) is 52.1 Å². The van der Waals surface area contributed by atoms with E-state index in [2.05, 4.69) is 9.80 Å². The van der Waals surface area contributed by atoms with Gasteiger partial charge in [-0.1, -0.05) is 0 Å². The van der Waals surface area contributed by atoms with Gasteiger partial charge in [0.1, 0.15) is 5.69 Å². The number of aldehydes is 1. The van der Waals surface area contributed by atoms with Crippen molar-refractivity contribution < 1.29 is 9.72 Å². The van der Waals surface area contributed by atoms with Crippen molar-refractivity contribution in [3.8, 4) is 0 Å². The van der Waals surface area contributed by atoms with Crippen LogP contribution in [0.15, 0.2) is 18.3 Å². The third-order valence-electron chi connectivity index (χ3n) is 4.98. The maximum atomic E-state index is 11.8. The van der Waals surface area contributed by atoms with Crippen molar-refractivity contribution in [3.63, 3.8) is 0 Å². The minimum atomic E-state index is -0.357. The van der Waals surface area contributed by atoms with Gasteiger partial charge in [0.15, 0.2) is 6.29 Å². The topological polar surface area (TPSA) is 69.9 Å². The predicted molar refractivity (Wildman–Crippen MR) is 98.0 cm³/mol. The summed E-state index contributed by atoms with van der Waals surface area (Å²) in [4.78, 5) is 29.3. The molecule has 0 atom stereocenters. The summed E-state index contributed by atoms with van der Waals surface area (Å²) < 4.78 is 0. The van der Waals surface area contributed by atoms with Gasteiger partial charge < -0.3 is 14.7 Å². The molecular weight excluding hydrogens is 320 g/mol. The van der Waals surface area contributed by atoms with E-state index in [1.165, 1.54) is 0 Å². The molecule has 2 saturated heterocycles. The minimum absolute atomic E-state index is 0.0320. The van der Waals surface area contributed by atoms with Crippen LogP contribution in [0.25, 0.3) is 6.08 Å². The summed E-state index contributed by atoms with van der Waals surface area (Å²) in [6.07, 6.45) is 6.58. The molecule has 25 heavy (non-hydrogen) atoms. The normalized spacial score (nSPS) is 18.9. The van der Waals surface area contributed by atoms with Gasteiger partial charge in [-0.3, -0.25) is 14.9 Å². The summed E-state index contributed by atoms with van der Waals surface area (Å²) in [6.45, 7) is 5.13. The highest BCUT2D eigenvalue weighted by molar-refractivity contribution is 5.89. The molecule has 0 amide bonds. The molecule has 0 N–H and O–H groups in total. The zero-order valence-electron chi connectivity index (χ0n) is 14.6. The Morgan fingerprint density at radius 2 is 1.76 bits per heavy atom. The van der Waals surface area contributed by atoms with Crippen LogP contribution in [-0.2, 0) is 0 Å². The summed E-state index contributed by atoms with van der Waals surface area (Å²) in [5.74, 6) is 0. The quantitative estimate of drug-likeness (QED) is 0.463. The van der Waals surface area contributed by atoms with E-state index in [0.29, 0.717) is 23.1 Å². The number of nitro groups is 1. The molecule has 2 aliphatic rings. The summed E-state index contributed by atoms with van der Waals surface area (Å²) >= 11 is 0. The first-order chi connectivity index (χ1) is 12.1. The van der Waals surface area contributed by atoms with E-state index >= 15 is 0 Å². The fourth-order valence-corrected chi connectivity index (χ4v) is 3.46. The average Bonchev–Trinajstić information content (AvgIpc) is 3.13. The Morgan fingerprint density at radius 3 is 2.36 bits per heavy atom. The van der Waals surface area contributed by atoms with E-state index in [-0.39, 0.29) is 10.6 Å². The summed E-state index contributed by atoms with van der Waals surface area (Å²) in [7, 11) is 2.05. The Bertz CT molecular complexity index is 675. The van der Waals surface area contributed by atoms with Crippen LogP contribution in [0.5, 0.6) is 0 Å². The van der Waals surface area contributed by atoms with Gasteiger partial charge in [0, 0.05) is 44.8 Å². The molecule has 134 valence electrons. The van der Waals surface area contributed by atoms with E-state index in [9.17, 15) is 14.9 Å². The van der Waals surface area contributed by atoms with Crippen LogP contribution in [-0.4, -0.2) is 67.3 Å². The van der Waals surface area contributed by atoms with Crippen molar-refractivity contribution in [2.24, 2.45) is 0 Å². The number of rotatable bonds is 5. The largest absolute Gasteiger partial charge is 0.377 e. The van der Waals surface area contributed by atoms with E-state index in [1.807, 2.05) is 18.1 Å². The molecule has 7 heteroatoms. The first-order valence-corrected chi connectivity index (χ1v) is 8.72. The van der Waals surface area contributed by atoms with E-state index in [4.69, 9.17) is 0 Å². The number of carbonyl (C=O) groups is 1. The zero-order chi connectivity index (χ0) is 17.8. The molecule has 2 aliphatic heterocycles. The standard InChI is InChI=1S/C18H24N4O3/c1-19-10-12-21(13-11-19)17-5-4-15(14-23)16(18(17)22(24)25)6-9-20-7-2-3-8-20/h4-6,9,14H,2-3,7-8,10-13H2,1H3. The number of likely N-dealkylation sites (N-methyl/N-ethyl adjacent to an activating group) is 1. The Morgan fingerprint density at radius 1 is 1.08 bits per heavy atom. The van der Waals surface area contributed by atoms with Crippen LogP contribution in [0.3, 0.4) is 0 Å². The SMILES string of the molecule is CN1CCN(c2ccc(C=O)c(C=CN3CCCC3)c2[N+](=O)[O-])CC1. The van der Waals surface area contributed by atoms with Crippen molar-refractivity contribution in [2.75, 3.05) is 51.2 Å². The molecule has 0 radical (unpaired) electrons. The van der Waals surface area contributed by atoms with Crippen molar-refractivity contribution in [3.05, 3.63) is 39.6 Å². The van der Waals surface area contributed by atoms with Crippen molar-refractivity contribution in [1.82, 2.24) is 9.80 Å². The molecule has 1 aromatic rings. The van der Waals surface area contributed by atoms with Crippen molar-refractivity contribution >= 4 is 23.7 Å². The number of benzene rings is 1. The highest BCUT2D eigenvalue weighted by Gasteiger charge is 2.27. The fourth-order valence-electron chi connectivity index (χ4n) is 3.46.